The van der Waals surface area contributed by atoms with E-state index in [1.165, 1.54) is 18.0 Å². The zero-order valence-corrected chi connectivity index (χ0v) is 9.37. The van der Waals surface area contributed by atoms with E-state index in [9.17, 15) is 4.79 Å². The van der Waals surface area contributed by atoms with Gasteiger partial charge in [0.2, 0.25) is 0 Å². The highest BCUT2D eigenvalue weighted by Gasteiger charge is 1.97. The number of aryl methyl sites for hydroxylation is 2. The van der Waals surface area contributed by atoms with Crippen LogP contribution in [0, 0.1) is 0 Å². The summed E-state index contributed by atoms with van der Waals surface area (Å²) in [6, 6.07) is 9.21. The number of nitrogens with one attached hydrogen (secondary N) is 1. The van der Waals surface area contributed by atoms with E-state index >= 15 is 0 Å². The maximum Gasteiger partial charge on any atom is 0.250 e. The van der Waals surface area contributed by atoms with E-state index in [2.05, 4.69) is 9.97 Å². The van der Waals surface area contributed by atoms with Gasteiger partial charge >= 0.3 is 0 Å². The molecule has 3 nitrogen and oxygen atoms in total. The van der Waals surface area contributed by atoms with E-state index in [0.29, 0.717) is 0 Å². The Hall–Kier alpha value is -1.61. The lowest BCUT2D eigenvalue weighted by atomic mass is 10.1. The summed E-state index contributed by atoms with van der Waals surface area (Å²) >= 11 is 5.79. The van der Waals surface area contributed by atoms with Gasteiger partial charge in [-0.15, -0.1) is 0 Å². The van der Waals surface area contributed by atoms with Crippen LogP contribution in [0.25, 0.3) is 0 Å². The summed E-state index contributed by atoms with van der Waals surface area (Å²) in [5.74, 6) is 0. The average molecular weight is 235 g/mol. The molecule has 1 heterocycles. The standard InChI is InChI=1S/C12H11ClN2O/c13-10-4-1-9(2-5-10)3-6-11-7-12(16)15-8-14-11/h1-2,4-5,7-8H,3,6H2,(H,14,15,16). The molecule has 0 atom stereocenters. The summed E-state index contributed by atoms with van der Waals surface area (Å²) < 4.78 is 0. The van der Waals surface area contributed by atoms with Gasteiger partial charge in [-0.2, -0.15) is 0 Å². The predicted molar refractivity (Wildman–Crippen MR) is 63.7 cm³/mol. The summed E-state index contributed by atoms with van der Waals surface area (Å²) in [7, 11) is 0. The Labute approximate surface area is 98.1 Å². The first-order valence-electron chi connectivity index (χ1n) is 5.02. The predicted octanol–water partition coefficient (Wildman–Crippen LogP) is 2.21. The van der Waals surface area contributed by atoms with Gasteiger partial charge in [-0.05, 0) is 30.5 Å². The van der Waals surface area contributed by atoms with Crippen LogP contribution in [0.5, 0.6) is 0 Å². The van der Waals surface area contributed by atoms with E-state index in [1.54, 1.807) is 0 Å². The van der Waals surface area contributed by atoms with Gasteiger partial charge in [0.1, 0.15) is 0 Å². The number of nitrogens with zero attached hydrogens (tertiary/aromatic N) is 1. The van der Waals surface area contributed by atoms with Crippen molar-refractivity contribution in [2.24, 2.45) is 0 Å². The van der Waals surface area contributed by atoms with Gasteiger partial charge in [0, 0.05) is 16.8 Å². The van der Waals surface area contributed by atoms with Crippen LogP contribution in [-0.2, 0) is 12.8 Å². The highest BCUT2D eigenvalue weighted by molar-refractivity contribution is 6.30. The highest BCUT2D eigenvalue weighted by atomic mass is 35.5. The van der Waals surface area contributed by atoms with Gasteiger partial charge < -0.3 is 4.98 Å². The number of rotatable bonds is 3. The minimum atomic E-state index is -0.110. The van der Waals surface area contributed by atoms with E-state index in [4.69, 9.17) is 11.6 Å². The molecule has 2 rings (SSSR count). The molecule has 0 aliphatic carbocycles. The Morgan fingerprint density at radius 3 is 2.62 bits per heavy atom. The van der Waals surface area contributed by atoms with Gasteiger partial charge in [0.25, 0.3) is 5.56 Å². The van der Waals surface area contributed by atoms with Crippen molar-refractivity contribution >= 4 is 11.6 Å². The summed E-state index contributed by atoms with van der Waals surface area (Å²) in [6.07, 6.45) is 3.04. The van der Waals surface area contributed by atoms with Crippen molar-refractivity contribution in [3.05, 3.63) is 63.3 Å². The molecule has 0 unspecified atom stereocenters. The molecule has 0 radical (unpaired) electrons. The van der Waals surface area contributed by atoms with Gasteiger partial charge in [0.15, 0.2) is 0 Å². The van der Waals surface area contributed by atoms with E-state index in [1.807, 2.05) is 24.3 Å². The monoisotopic (exact) mass is 234 g/mol. The van der Waals surface area contributed by atoms with Crippen molar-refractivity contribution in [1.29, 1.82) is 0 Å². The molecule has 2 aromatic rings. The number of hydrogen-bond acceptors (Lipinski definition) is 2. The SMILES string of the molecule is O=c1cc(CCc2ccc(Cl)cc2)nc[nH]1. The topological polar surface area (TPSA) is 45.8 Å². The Balaban J connectivity index is 2.02. The second-order valence-corrected chi connectivity index (χ2v) is 3.97. The number of H-pyrrole nitrogens is 1. The molecule has 0 amide bonds. The fourth-order valence-electron chi connectivity index (χ4n) is 1.47. The maximum absolute atomic E-state index is 11.0. The molecular weight excluding hydrogens is 224 g/mol. The molecule has 4 heteroatoms. The van der Waals surface area contributed by atoms with Gasteiger partial charge in [0.05, 0.1) is 6.33 Å². The third-order valence-corrected chi connectivity index (χ3v) is 2.57. The quantitative estimate of drug-likeness (QED) is 0.885. The first-order valence-corrected chi connectivity index (χ1v) is 5.40. The number of halogens is 1. The molecular formula is C12H11ClN2O. The average Bonchev–Trinajstić information content (AvgIpc) is 2.28. The van der Waals surface area contributed by atoms with Crippen LogP contribution in [0.3, 0.4) is 0 Å². The molecule has 0 saturated heterocycles. The highest BCUT2D eigenvalue weighted by Crippen LogP contribution is 2.10. The molecule has 1 aromatic carbocycles. The van der Waals surface area contributed by atoms with E-state index in [0.717, 1.165) is 23.6 Å². The fraction of sp³-hybridized carbons (Fsp3) is 0.167. The Bertz CT molecular complexity index is 519. The van der Waals surface area contributed by atoms with Gasteiger partial charge in [-0.1, -0.05) is 23.7 Å². The molecule has 0 aliphatic heterocycles. The smallest absolute Gasteiger partial charge is 0.250 e. The van der Waals surface area contributed by atoms with Crippen molar-refractivity contribution in [1.82, 2.24) is 9.97 Å². The second kappa shape index (κ2) is 4.94. The number of hydrogen-bond donors (Lipinski definition) is 1. The van der Waals surface area contributed by atoms with Crippen LogP contribution in [0.2, 0.25) is 5.02 Å². The molecule has 0 saturated carbocycles. The van der Waals surface area contributed by atoms with Crippen LogP contribution in [0.15, 0.2) is 41.5 Å². The zero-order valence-electron chi connectivity index (χ0n) is 8.61. The summed E-state index contributed by atoms with van der Waals surface area (Å²) in [5.41, 5.74) is 1.88. The summed E-state index contributed by atoms with van der Waals surface area (Å²) in [5, 5.41) is 0.734. The first-order chi connectivity index (χ1) is 7.74. The van der Waals surface area contributed by atoms with Crippen LogP contribution >= 0.6 is 11.6 Å². The van der Waals surface area contributed by atoms with E-state index in [-0.39, 0.29) is 5.56 Å². The molecule has 0 fully saturated rings. The summed E-state index contributed by atoms with van der Waals surface area (Å²) in [6.45, 7) is 0. The van der Waals surface area contributed by atoms with Crippen molar-refractivity contribution in [2.75, 3.05) is 0 Å². The minimum absolute atomic E-state index is 0.110. The third-order valence-electron chi connectivity index (χ3n) is 2.32. The number of benzene rings is 1. The molecule has 0 aliphatic rings. The fourth-order valence-corrected chi connectivity index (χ4v) is 1.60. The van der Waals surface area contributed by atoms with Gasteiger partial charge in [-0.25, -0.2) is 4.98 Å². The molecule has 1 N–H and O–H groups in total. The largest absolute Gasteiger partial charge is 0.313 e. The van der Waals surface area contributed by atoms with Crippen LogP contribution in [-0.4, -0.2) is 9.97 Å². The van der Waals surface area contributed by atoms with Gasteiger partial charge in [-0.3, -0.25) is 4.79 Å². The van der Waals surface area contributed by atoms with Crippen molar-refractivity contribution in [3.63, 3.8) is 0 Å². The van der Waals surface area contributed by atoms with Crippen LogP contribution < -0.4 is 5.56 Å². The van der Waals surface area contributed by atoms with Crippen molar-refractivity contribution in [3.8, 4) is 0 Å². The third kappa shape index (κ3) is 2.94. The second-order valence-electron chi connectivity index (χ2n) is 3.53. The normalized spacial score (nSPS) is 10.3. The molecule has 0 bridgehead atoms. The molecule has 0 spiro atoms. The number of aromatic nitrogens is 2. The van der Waals surface area contributed by atoms with E-state index < -0.39 is 0 Å². The Morgan fingerprint density at radius 2 is 1.94 bits per heavy atom. The first kappa shape index (κ1) is 10.9. The van der Waals surface area contributed by atoms with Crippen LogP contribution in [0.1, 0.15) is 11.3 Å². The minimum Gasteiger partial charge on any atom is -0.313 e. The lowest BCUT2D eigenvalue weighted by Crippen LogP contribution is -2.07. The number of aromatic amines is 1. The zero-order chi connectivity index (χ0) is 11.4. The Morgan fingerprint density at radius 1 is 1.19 bits per heavy atom. The van der Waals surface area contributed by atoms with Crippen molar-refractivity contribution in [2.45, 2.75) is 12.8 Å². The summed E-state index contributed by atoms with van der Waals surface area (Å²) in [4.78, 5) is 17.6. The van der Waals surface area contributed by atoms with Crippen molar-refractivity contribution < 1.29 is 0 Å². The maximum atomic E-state index is 11.0. The lowest BCUT2D eigenvalue weighted by Gasteiger charge is -2.00. The Kier molecular flexibility index (Phi) is 3.37. The van der Waals surface area contributed by atoms with Crippen LogP contribution in [0.4, 0.5) is 0 Å². The molecule has 82 valence electrons. The lowest BCUT2D eigenvalue weighted by molar-refractivity contribution is 0.892. The molecule has 16 heavy (non-hydrogen) atoms. The molecule has 1 aromatic heterocycles.